The van der Waals surface area contributed by atoms with Crippen molar-refractivity contribution in [3.05, 3.63) is 194 Å². The molecule has 0 N–H and O–H groups in total. The Bertz CT molecular complexity index is 2830. The highest BCUT2D eigenvalue weighted by Crippen LogP contribution is 2.44. The zero-order chi connectivity index (χ0) is 36.6. The van der Waals surface area contributed by atoms with Crippen LogP contribution in [0.15, 0.2) is 194 Å². The molecule has 6 aromatic carbocycles. The van der Waals surface area contributed by atoms with Crippen molar-refractivity contribution in [3.63, 3.8) is 0 Å². The van der Waals surface area contributed by atoms with Crippen molar-refractivity contribution in [2.75, 3.05) is 0 Å². The zero-order valence-electron chi connectivity index (χ0n) is 29.7. The second-order valence-corrected chi connectivity index (χ2v) is 14.5. The smallest absolute Gasteiger partial charge is 0.160 e. The molecule has 0 saturated heterocycles. The standard InChI is InChI=1S/C50H32N4S/c1-3-12-35(13-4-1)42-16-11-17-43-47-49(55-48(42)43)46(38-14-5-2-6-15-38)53-50(54-47)41-31-39(33-20-24-36(25-21-33)44-18-7-9-28-51-44)30-40(32-41)34-22-26-37(27-23-34)45-19-8-10-29-52-45/h1-32H. The van der Waals surface area contributed by atoms with Gasteiger partial charge in [-0.1, -0.05) is 140 Å². The fourth-order valence-corrected chi connectivity index (χ4v) is 8.54. The molecule has 55 heavy (non-hydrogen) atoms. The molecule has 4 heterocycles. The highest BCUT2D eigenvalue weighted by molar-refractivity contribution is 7.26. The van der Waals surface area contributed by atoms with E-state index in [1.807, 2.05) is 48.8 Å². The molecule has 5 heteroatoms. The average Bonchev–Trinajstić information content (AvgIpc) is 3.66. The number of hydrogen-bond acceptors (Lipinski definition) is 5. The Hall–Kier alpha value is -7.08. The summed E-state index contributed by atoms with van der Waals surface area (Å²) in [5, 5.41) is 1.13. The number of fused-ring (bicyclic) bond motifs is 3. The molecule has 0 unspecified atom stereocenters. The minimum atomic E-state index is 0.689. The SMILES string of the molecule is c1ccc(-c2cccc3c2sc2c(-c4ccccc4)nc(-c4cc(-c5ccc(-c6ccccn6)cc5)cc(-c5ccc(-c6ccccn6)cc5)c4)nc23)cc1. The molecular formula is C50H32N4S. The quantitative estimate of drug-likeness (QED) is 0.164. The summed E-state index contributed by atoms with van der Waals surface area (Å²) in [5.74, 6) is 0.689. The Balaban J connectivity index is 1.17. The van der Waals surface area contributed by atoms with Crippen molar-refractivity contribution >= 4 is 31.6 Å². The van der Waals surface area contributed by atoms with E-state index >= 15 is 0 Å². The van der Waals surface area contributed by atoms with Gasteiger partial charge in [0.1, 0.15) is 0 Å². The molecule has 10 aromatic rings. The van der Waals surface area contributed by atoms with Crippen molar-refractivity contribution in [3.8, 4) is 78.5 Å². The summed E-state index contributed by atoms with van der Waals surface area (Å²) in [5.41, 5.74) is 14.7. The Kier molecular flexibility index (Phi) is 8.32. The Morgan fingerprint density at radius 2 is 0.873 bits per heavy atom. The van der Waals surface area contributed by atoms with E-state index in [0.29, 0.717) is 5.82 Å². The van der Waals surface area contributed by atoms with E-state index in [1.54, 1.807) is 11.3 Å². The molecule has 0 fully saturated rings. The number of benzene rings is 6. The third-order valence-corrected chi connectivity index (χ3v) is 11.3. The van der Waals surface area contributed by atoms with E-state index in [4.69, 9.17) is 9.97 Å². The second kappa shape index (κ2) is 14.0. The number of pyridine rings is 2. The van der Waals surface area contributed by atoms with E-state index < -0.39 is 0 Å². The molecule has 10 rings (SSSR count). The minimum absolute atomic E-state index is 0.689. The lowest BCUT2D eigenvalue weighted by molar-refractivity contribution is 1.24. The lowest BCUT2D eigenvalue weighted by atomic mass is 9.94. The van der Waals surface area contributed by atoms with Gasteiger partial charge < -0.3 is 0 Å². The molecule has 4 aromatic heterocycles. The number of aromatic nitrogens is 4. The predicted octanol–water partition coefficient (Wildman–Crippen LogP) is 13.3. The fourth-order valence-electron chi connectivity index (χ4n) is 7.25. The van der Waals surface area contributed by atoms with Crippen LogP contribution in [0.5, 0.6) is 0 Å². The van der Waals surface area contributed by atoms with Gasteiger partial charge in [0.15, 0.2) is 5.82 Å². The maximum Gasteiger partial charge on any atom is 0.160 e. The number of thiophene rings is 1. The van der Waals surface area contributed by atoms with Gasteiger partial charge in [0.2, 0.25) is 0 Å². The first-order chi connectivity index (χ1) is 27.2. The predicted molar refractivity (Wildman–Crippen MR) is 229 cm³/mol. The zero-order valence-corrected chi connectivity index (χ0v) is 30.5. The van der Waals surface area contributed by atoms with Crippen LogP contribution in [0.25, 0.3) is 98.8 Å². The van der Waals surface area contributed by atoms with E-state index in [0.717, 1.165) is 77.2 Å². The Morgan fingerprint density at radius 1 is 0.345 bits per heavy atom. The molecule has 0 spiro atoms. The van der Waals surface area contributed by atoms with Crippen molar-refractivity contribution in [1.82, 2.24) is 19.9 Å². The van der Waals surface area contributed by atoms with Crippen LogP contribution >= 0.6 is 11.3 Å². The summed E-state index contributed by atoms with van der Waals surface area (Å²) in [6.07, 6.45) is 3.66. The molecule has 0 aliphatic heterocycles. The molecule has 0 bridgehead atoms. The third kappa shape index (κ3) is 6.27. The van der Waals surface area contributed by atoms with Crippen molar-refractivity contribution < 1.29 is 0 Å². The molecule has 4 nitrogen and oxygen atoms in total. The van der Waals surface area contributed by atoms with Crippen LogP contribution in [0.3, 0.4) is 0 Å². The van der Waals surface area contributed by atoms with Gasteiger partial charge in [-0.25, -0.2) is 9.97 Å². The lowest BCUT2D eigenvalue weighted by Gasteiger charge is -2.13. The molecule has 0 aliphatic rings. The first-order valence-electron chi connectivity index (χ1n) is 18.3. The van der Waals surface area contributed by atoms with Gasteiger partial charge in [0.25, 0.3) is 0 Å². The van der Waals surface area contributed by atoms with Crippen LogP contribution in [-0.2, 0) is 0 Å². The van der Waals surface area contributed by atoms with Gasteiger partial charge >= 0.3 is 0 Å². The summed E-state index contributed by atoms with van der Waals surface area (Å²) < 4.78 is 2.29. The van der Waals surface area contributed by atoms with Gasteiger partial charge in [0.05, 0.1) is 27.3 Å². The van der Waals surface area contributed by atoms with Gasteiger partial charge in [-0.05, 0) is 75.8 Å². The summed E-state index contributed by atoms with van der Waals surface area (Å²) in [6.45, 7) is 0. The summed E-state index contributed by atoms with van der Waals surface area (Å²) in [6, 6.07) is 63.6. The number of nitrogens with zero attached hydrogens (tertiary/aromatic N) is 4. The number of rotatable bonds is 7. The molecule has 0 aliphatic carbocycles. The van der Waals surface area contributed by atoms with E-state index in [-0.39, 0.29) is 0 Å². The van der Waals surface area contributed by atoms with Crippen molar-refractivity contribution in [2.45, 2.75) is 0 Å². The third-order valence-electron chi connectivity index (χ3n) is 10.0. The maximum absolute atomic E-state index is 5.41. The summed E-state index contributed by atoms with van der Waals surface area (Å²) in [7, 11) is 0. The summed E-state index contributed by atoms with van der Waals surface area (Å²) >= 11 is 1.77. The topological polar surface area (TPSA) is 51.6 Å². The molecular weight excluding hydrogens is 689 g/mol. The van der Waals surface area contributed by atoms with Crippen molar-refractivity contribution in [2.24, 2.45) is 0 Å². The highest BCUT2D eigenvalue weighted by Gasteiger charge is 2.19. The lowest BCUT2D eigenvalue weighted by Crippen LogP contribution is -1.95. The molecule has 0 radical (unpaired) electrons. The molecule has 0 amide bonds. The minimum Gasteiger partial charge on any atom is -0.256 e. The first kappa shape index (κ1) is 32.6. The second-order valence-electron chi connectivity index (χ2n) is 13.5. The number of hydrogen-bond donors (Lipinski definition) is 0. The molecule has 0 atom stereocenters. The highest BCUT2D eigenvalue weighted by atomic mass is 32.1. The van der Waals surface area contributed by atoms with Gasteiger partial charge in [-0.2, -0.15) is 0 Å². The summed E-state index contributed by atoms with van der Waals surface area (Å²) in [4.78, 5) is 19.9. The van der Waals surface area contributed by atoms with E-state index in [2.05, 4.69) is 156 Å². The van der Waals surface area contributed by atoms with Gasteiger partial charge in [0, 0.05) is 44.7 Å². The monoisotopic (exact) mass is 720 g/mol. The average molecular weight is 721 g/mol. The van der Waals surface area contributed by atoms with Crippen LogP contribution in [0.1, 0.15) is 0 Å². The van der Waals surface area contributed by atoms with Crippen LogP contribution in [0.4, 0.5) is 0 Å². The Labute approximate surface area is 323 Å². The van der Waals surface area contributed by atoms with Crippen LogP contribution < -0.4 is 0 Å². The van der Waals surface area contributed by atoms with Crippen LogP contribution in [0, 0.1) is 0 Å². The van der Waals surface area contributed by atoms with E-state index in [9.17, 15) is 0 Å². The normalized spacial score (nSPS) is 11.3. The van der Waals surface area contributed by atoms with Crippen molar-refractivity contribution in [1.29, 1.82) is 0 Å². The van der Waals surface area contributed by atoms with Crippen LogP contribution in [-0.4, -0.2) is 19.9 Å². The molecule has 258 valence electrons. The first-order valence-corrected chi connectivity index (χ1v) is 19.1. The van der Waals surface area contributed by atoms with Gasteiger partial charge in [-0.3, -0.25) is 9.97 Å². The largest absolute Gasteiger partial charge is 0.256 e. The Morgan fingerprint density at radius 3 is 1.44 bits per heavy atom. The van der Waals surface area contributed by atoms with Crippen LogP contribution in [0.2, 0.25) is 0 Å². The van der Waals surface area contributed by atoms with E-state index in [1.165, 1.54) is 15.8 Å². The van der Waals surface area contributed by atoms with Gasteiger partial charge in [-0.15, -0.1) is 11.3 Å². The molecule has 0 saturated carbocycles. The maximum atomic E-state index is 5.41. The fraction of sp³-hybridized carbons (Fsp3) is 0.